The summed E-state index contributed by atoms with van der Waals surface area (Å²) < 4.78 is 27.8. The molecule has 0 radical (unpaired) electrons. The monoisotopic (exact) mass is 387 g/mol. The van der Waals surface area contributed by atoms with E-state index in [1.807, 2.05) is 0 Å². The first-order chi connectivity index (χ1) is 13.1. The number of amides is 1. The highest BCUT2D eigenvalue weighted by atomic mass is 32.1. The topological polar surface area (TPSA) is 73.3 Å². The lowest BCUT2D eigenvalue weighted by Crippen LogP contribution is -2.26. The Morgan fingerprint density at radius 1 is 1.22 bits per heavy atom. The second-order valence-corrected chi connectivity index (χ2v) is 6.37. The van der Waals surface area contributed by atoms with Gasteiger partial charge in [-0.1, -0.05) is 18.2 Å². The number of carbonyl (C=O) groups excluding carboxylic acids is 1. The molecule has 1 amide bonds. The molecule has 0 aliphatic carbocycles. The Kier molecular flexibility index (Phi) is 6.45. The van der Waals surface area contributed by atoms with Gasteiger partial charge in [-0.3, -0.25) is 4.79 Å². The van der Waals surface area contributed by atoms with Crippen molar-refractivity contribution in [3.8, 4) is 10.9 Å². The molecule has 2 aromatic carbocycles. The van der Waals surface area contributed by atoms with Gasteiger partial charge in [-0.25, -0.2) is 4.39 Å². The van der Waals surface area contributed by atoms with Crippen LogP contribution in [0.25, 0.3) is 0 Å². The molecule has 140 valence electrons. The van der Waals surface area contributed by atoms with Gasteiger partial charge in [0.2, 0.25) is 0 Å². The average molecular weight is 387 g/mol. The number of rotatable bonds is 8. The number of hydrogen-bond acceptors (Lipinski definition) is 6. The molecule has 0 atom stereocenters. The van der Waals surface area contributed by atoms with E-state index in [1.54, 1.807) is 43.5 Å². The molecule has 0 saturated heterocycles. The number of benzene rings is 2. The SMILES string of the molecule is COCCNC(=O)c1cccc(Oc2nc(Cc3ccc(F)cc3)ns2)c1. The first-order valence-corrected chi connectivity index (χ1v) is 9.03. The summed E-state index contributed by atoms with van der Waals surface area (Å²) in [5, 5.41) is 3.13. The Labute approximate surface area is 160 Å². The predicted octanol–water partition coefficient (Wildman–Crippen LogP) is 3.44. The van der Waals surface area contributed by atoms with Gasteiger partial charge in [0.1, 0.15) is 11.6 Å². The summed E-state index contributed by atoms with van der Waals surface area (Å²) >= 11 is 1.12. The first-order valence-electron chi connectivity index (χ1n) is 8.26. The molecule has 3 aromatic rings. The minimum Gasteiger partial charge on any atom is -0.430 e. The molecule has 0 saturated carbocycles. The van der Waals surface area contributed by atoms with Crippen molar-refractivity contribution in [2.45, 2.75) is 6.42 Å². The molecule has 0 aliphatic rings. The maximum Gasteiger partial charge on any atom is 0.298 e. The maximum atomic E-state index is 13.0. The molecule has 0 bridgehead atoms. The molecule has 0 spiro atoms. The van der Waals surface area contributed by atoms with Crippen molar-refractivity contribution in [1.29, 1.82) is 0 Å². The Morgan fingerprint density at radius 2 is 2.04 bits per heavy atom. The molecule has 3 rings (SSSR count). The molecule has 0 aliphatic heterocycles. The van der Waals surface area contributed by atoms with Crippen molar-refractivity contribution in [2.75, 3.05) is 20.3 Å². The van der Waals surface area contributed by atoms with Crippen LogP contribution in [0.5, 0.6) is 10.9 Å². The fourth-order valence-electron chi connectivity index (χ4n) is 2.31. The third-order valence-electron chi connectivity index (χ3n) is 3.62. The second kappa shape index (κ2) is 9.20. The van der Waals surface area contributed by atoms with Gasteiger partial charge in [-0.05, 0) is 35.9 Å². The van der Waals surface area contributed by atoms with E-state index in [9.17, 15) is 9.18 Å². The zero-order valence-electron chi connectivity index (χ0n) is 14.6. The maximum absolute atomic E-state index is 13.0. The van der Waals surface area contributed by atoms with E-state index in [4.69, 9.17) is 9.47 Å². The van der Waals surface area contributed by atoms with Crippen LogP contribution in [0.2, 0.25) is 0 Å². The van der Waals surface area contributed by atoms with E-state index in [0.717, 1.165) is 17.1 Å². The molecule has 8 heteroatoms. The van der Waals surface area contributed by atoms with Gasteiger partial charge in [0, 0.05) is 37.2 Å². The number of halogens is 1. The number of ether oxygens (including phenoxy) is 2. The van der Waals surface area contributed by atoms with Crippen molar-refractivity contribution in [3.63, 3.8) is 0 Å². The Hall–Kier alpha value is -2.84. The van der Waals surface area contributed by atoms with Crippen LogP contribution in [0.1, 0.15) is 21.7 Å². The second-order valence-electron chi connectivity index (χ2n) is 5.66. The van der Waals surface area contributed by atoms with Crippen LogP contribution >= 0.6 is 11.5 Å². The lowest BCUT2D eigenvalue weighted by atomic mass is 10.1. The Balaban J connectivity index is 1.62. The van der Waals surface area contributed by atoms with Crippen LogP contribution < -0.4 is 10.1 Å². The summed E-state index contributed by atoms with van der Waals surface area (Å²) in [6.45, 7) is 0.882. The lowest BCUT2D eigenvalue weighted by Gasteiger charge is -2.06. The normalized spacial score (nSPS) is 10.6. The quantitative estimate of drug-likeness (QED) is 0.600. The van der Waals surface area contributed by atoms with Crippen LogP contribution in [0, 0.1) is 5.82 Å². The third kappa shape index (κ3) is 5.57. The van der Waals surface area contributed by atoms with Crippen LogP contribution in [0.4, 0.5) is 4.39 Å². The minimum atomic E-state index is -0.278. The molecular formula is C19H18FN3O3S. The van der Waals surface area contributed by atoms with Crippen molar-refractivity contribution in [2.24, 2.45) is 0 Å². The van der Waals surface area contributed by atoms with Crippen LogP contribution in [0.15, 0.2) is 48.5 Å². The zero-order chi connectivity index (χ0) is 19.1. The number of aromatic nitrogens is 2. The van der Waals surface area contributed by atoms with Crippen molar-refractivity contribution in [1.82, 2.24) is 14.7 Å². The van der Waals surface area contributed by atoms with E-state index in [2.05, 4.69) is 14.7 Å². The van der Waals surface area contributed by atoms with Gasteiger partial charge in [-0.15, -0.1) is 0 Å². The van der Waals surface area contributed by atoms with Crippen LogP contribution in [-0.4, -0.2) is 35.5 Å². The summed E-state index contributed by atoms with van der Waals surface area (Å²) in [6.07, 6.45) is 0.488. The van der Waals surface area contributed by atoms with E-state index in [0.29, 0.717) is 41.9 Å². The predicted molar refractivity (Wildman–Crippen MR) is 99.8 cm³/mol. The van der Waals surface area contributed by atoms with E-state index < -0.39 is 0 Å². The third-order valence-corrected chi connectivity index (χ3v) is 4.25. The number of carbonyl (C=O) groups is 1. The number of nitrogens with one attached hydrogen (secondary N) is 1. The summed E-state index contributed by atoms with van der Waals surface area (Å²) in [6, 6.07) is 13.0. The molecule has 0 unspecified atom stereocenters. The van der Waals surface area contributed by atoms with E-state index in [-0.39, 0.29) is 11.7 Å². The Bertz CT molecular complexity index is 899. The van der Waals surface area contributed by atoms with E-state index >= 15 is 0 Å². The molecule has 1 heterocycles. The average Bonchev–Trinajstić information content (AvgIpc) is 3.11. The Morgan fingerprint density at radius 3 is 2.81 bits per heavy atom. The van der Waals surface area contributed by atoms with E-state index in [1.165, 1.54) is 12.1 Å². The molecule has 6 nitrogen and oxygen atoms in total. The van der Waals surface area contributed by atoms with Gasteiger partial charge >= 0.3 is 0 Å². The summed E-state index contributed by atoms with van der Waals surface area (Å²) in [4.78, 5) is 16.4. The standard InChI is InChI=1S/C19H18FN3O3S/c1-25-10-9-21-18(24)14-3-2-4-16(12-14)26-19-22-17(23-27-19)11-13-5-7-15(20)8-6-13/h2-8,12H,9-11H2,1H3,(H,21,24). The number of methoxy groups -OCH3 is 1. The van der Waals surface area contributed by atoms with Crippen LogP contribution in [-0.2, 0) is 11.2 Å². The minimum absolute atomic E-state index is 0.202. The smallest absolute Gasteiger partial charge is 0.298 e. The van der Waals surface area contributed by atoms with Gasteiger partial charge in [0.15, 0.2) is 5.82 Å². The largest absolute Gasteiger partial charge is 0.430 e. The fourth-order valence-corrected chi connectivity index (χ4v) is 2.87. The lowest BCUT2D eigenvalue weighted by molar-refractivity contribution is 0.0937. The summed E-state index contributed by atoms with van der Waals surface area (Å²) in [7, 11) is 1.58. The molecule has 0 fully saturated rings. The van der Waals surface area contributed by atoms with Crippen molar-refractivity contribution < 1.29 is 18.7 Å². The molecule has 1 aromatic heterocycles. The number of nitrogens with zero attached hydrogens (tertiary/aromatic N) is 2. The highest BCUT2D eigenvalue weighted by Gasteiger charge is 2.10. The summed E-state index contributed by atoms with van der Waals surface area (Å²) in [5.41, 5.74) is 1.40. The van der Waals surface area contributed by atoms with Crippen molar-refractivity contribution in [3.05, 3.63) is 71.3 Å². The first kappa shape index (κ1) is 18.9. The van der Waals surface area contributed by atoms with Gasteiger partial charge in [0.05, 0.1) is 6.61 Å². The molecule has 27 heavy (non-hydrogen) atoms. The van der Waals surface area contributed by atoms with Gasteiger partial charge in [0.25, 0.3) is 11.1 Å². The van der Waals surface area contributed by atoms with Gasteiger partial charge < -0.3 is 14.8 Å². The number of hydrogen-bond donors (Lipinski definition) is 1. The van der Waals surface area contributed by atoms with Gasteiger partial charge in [-0.2, -0.15) is 9.36 Å². The summed E-state index contributed by atoms with van der Waals surface area (Å²) in [5.74, 6) is 0.612. The fraction of sp³-hybridized carbons (Fsp3) is 0.211. The highest BCUT2D eigenvalue weighted by Crippen LogP contribution is 2.24. The highest BCUT2D eigenvalue weighted by molar-refractivity contribution is 7.07. The van der Waals surface area contributed by atoms with Crippen molar-refractivity contribution >= 4 is 17.4 Å². The zero-order valence-corrected chi connectivity index (χ0v) is 15.5. The molecule has 1 N–H and O–H groups in total. The van der Waals surface area contributed by atoms with Crippen LogP contribution in [0.3, 0.4) is 0 Å². The molecular weight excluding hydrogens is 369 g/mol.